The van der Waals surface area contributed by atoms with Gasteiger partial charge in [0.05, 0.1) is 5.56 Å². The first-order chi connectivity index (χ1) is 13.0. The van der Waals surface area contributed by atoms with Crippen LogP contribution in [-0.4, -0.2) is 27.7 Å². The Kier molecular flexibility index (Phi) is 5.49. The van der Waals surface area contributed by atoms with E-state index in [-0.39, 0.29) is 23.0 Å². The lowest BCUT2D eigenvalue weighted by Gasteiger charge is -2.08. The van der Waals surface area contributed by atoms with E-state index in [2.05, 4.69) is 15.6 Å². The second kappa shape index (κ2) is 7.99. The molecule has 2 heterocycles. The van der Waals surface area contributed by atoms with Gasteiger partial charge in [0.1, 0.15) is 11.5 Å². The summed E-state index contributed by atoms with van der Waals surface area (Å²) in [6.07, 6.45) is 3.57. The normalized spacial score (nSPS) is 10.8. The molecule has 3 aromatic rings. The molecule has 6 nitrogen and oxygen atoms in total. The van der Waals surface area contributed by atoms with Gasteiger partial charge in [-0.3, -0.25) is 14.0 Å². The highest BCUT2D eigenvalue weighted by Crippen LogP contribution is 2.20. The fourth-order valence-corrected chi connectivity index (χ4v) is 2.74. The fourth-order valence-electron chi connectivity index (χ4n) is 2.74. The van der Waals surface area contributed by atoms with E-state index in [9.17, 15) is 14.0 Å². The van der Waals surface area contributed by atoms with Crippen LogP contribution in [0.3, 0.4) is 0 Å². The summed E-state index contributed by atoms with van der Waals surface area (Å²) < 4.78 is 15.5. The molecule has 2 aromatic heterocycles. The van der Waals surface area contributed by atoms with Crippen LogP contribution >= 0.6 is 0 Å². The number of hydrogen-bond donors (Lipinski definition) is 2. The monoisotopic (exact) mass is 368 g/mol. The molecule has 27 heavy (non-hydrogen) atoms. The highest BCUT2D eigenvalue weighted by atomic mass is 19.1. The van der Waals surface area contributed by atoms with E-state index in [0.29, 0.717) is 12.2 Å². The van der Waals surface area contributed by atoms with Crippen molar-refractivity contribution >= 4 is 23.3 Å². The largest absolute Gasteiger partial charge is 0.351 e. The Labute approximate surface area is 156 Å². The summed E-state index contributed by atoms with van der Waals surface area (Å²) in [5.74, 6) is -1.53. The molecule has 2 N–H and O–H groups in total. The number of nitrogens with one attached hydrogen (secondary N) is 2. The molecular weight excluding hydrogens is 347 g/mol. The van der Waals surface area contributed by atoms with Crippen molar-refractivity contribution in [1.29, 1.82) is 0 Å². The summed E-state index contributed by atoms with van der Waals surface area (Å²) in [6, 6.07) is 9.29. The average molecular weight is 368 g/mol. The topological polar surface area (TPSA) is 75.5 Å². The number of carbonyl (C=O) groups is 2. The molecule has 0 unspecified atom stereocenters. The number of pyridine rings is 1. The van der Waals surface area contributed by atoms with Crippen molar-refractivity contribution in [2.75, 3.05) is 11.9 Å². The number of rotatable bonds is 6. The quantitative estimate of drug-likeness (QED) is 0.653. The number of halogens is 1. The minimum Gasteiger partial charge on any atom is -0.351 e. The SMILES string of the molecule is CCCCNC(=O)c1c(NC(=O)c2ccccc2F)nc2ccc(C)cn12. The van der Waals surface area contributed by atoms with Crippen molar-refractivity contribution in [2.24, 2.45) is 0 Å². The van der Waals surface area contributed by atoms with Crippen LogP contribution in [-0.2, 0) is 0 Å². The summed E-state index contributed by atoms with van der Waals surface area (Å²) >= 11 is 0. The van der Waals surface area contributed by atoms with Gasteiger partial charge in [-0.1, -0.05) is 31.5 Å². The zero-order chi connectivity index (χ0) is 19.4. The van der Waals surface area contributed by atoms with Gasteiger partial charge >= 0.3 is 0 Å². The van der Waals surface area contributed by atoms with Gasteiger partial charge in [0.15, 0.2) is 11.5 Å². The number of fused-ring (bicyclic) bond motifs is 1. The van der Waals surface area contributed by atoms with Gasteiger partial charge in [-0.15, -0.1) is 0 Å². The molecule has 0 radical (unpaired) electrons. The summed E-state index contributed by atoms with van der Waals surface area (Å²) in [5.41, 5.74) is 1.57. The van der Waals surface area contributed by atoms with E-state index in [1.807, 2.05) is 19.9 Å². The van der Waals surface area contributed by atoms with Crippen LogP contribution in [0.4, 0.5) is 10.2 Å². The smallest absolute Gasteiger partial charge is 0.272 e. The Balaban J connectivity index is 1.98. The maximum Gasteiger partial charge on any atom is 0.272 e. The minimum atomic E-state index is -0.657. The Morgan fingerprint density at radius 2 is 1.93 bits per heavy atom. The highest BCUT2D eigenvalue weighted by Gasteiger charge is 2.22. The van der Waals surface area contributed by atoms with E-state index >= 15 is 0 Å². The molecule has 140 valence electrons. The minimum absolute atomic E-state index is 0.0999. The number of imidazole rings is 1. The lowest BCUT2D eigenvalue weighted by atomic mass is 10.2. The van der Waals surface area contributed by atoms with Gasteiger partial charge < -0.3 is 10.6 Å². The van der Waals surface area contributed by atoms with Gasteiger partial charge in [-0.2, -0.15) is 0 Å². The molecule has 0 fully saturated rings. The van der Waals surface area contributed by atoms with Crippen molar-refractivity contribution in [3.05, 3.63) is 65.2 Å². The molecule has 1 aromatic carbocycles. The van der Waals surface area contributed by atoms with E-state index in [4.69, 9.17) is 0 Å². The number of benzene rings is 1. The summed E-state index contributed by atoms with van der Waals surface area (Å²) in [7, 11) is 0. The summed E-state index contributed by atoms with van der Waals surface area (Å²) in [5, 5.41) is 5.41. The summed E-state index contributed by atoms with van der Waals surface area (Å²) in [4.78, 5) is 29.5. The zero-order valence-corrected chi connectivity index (χ0v) is 15.3. The van der Waals surface area contributed by atoms with E-state index in [1.165, 1.54) is 18.2 Å². The third-order valence-electron chi connectivity index (χ3n) is 4.15. The van der Waals surface area contributed by atoms with Gasteiger partial charge in [-0.05, 0) is 37.1 Å². The fraction of sp³-hybridized carbons (Fsp3) is 0.250. The molecule has 0 aliphatic rings. The maximum absolute atomic E-state index is 13.9. The first kappa shape index (κ1) is 18.6. The molecule has 0 aliphatic heterocycles. The molecule has 0 saturated heterocycles. The van der Waals surface area contributed by atoms with Gasteiger partial charge in [0, 0.05) is 12.7 Å². The van der Waals surface area contributed by atoms with Crippen LogP contribution in [0.2, 0.25) is 0 Å². The van der Waals surface area contributed by atoms with Crippen LogP contribution in [0.25, 0.3) is 5.65 Å². The van der Waals surface area contributed by atoms with Gasteiger partial charge in [0.25, 0.3) is 11.8 Å². The van der Waals surface area contributed by atoms with Crippen molar-refractivity contribution in [1.82, 2.24) is 14.7 Å². The number of amides is 2. The number of hydrogen-bond acceptors (Lipinski definition) is 3. The summed E-state index contributed by atoms with van der Waals surface area (Å²) in [6.45, 7) is 4.45. The standard InChI is InChI=1S/C20H21FN4O2/c1-3-4-11-22-20(27)17-18(23-16-10-9-13(2)12-25(16)17)24-19(26)14-7-5-6-8-15(14)21/h5-10,12H,3-4,11H2,1-2H3,(H,22,27)(H,24,26). The van der Waals surface area contributed by atoms with Crippen LogP contribution < -0.4 is 10.6 Å². The van der Waals surface area contributed by atoms with Crippen LogP contribution in [0.1, 0.15) is 46.2 Å². The highest BCUT2D eigenvalue weighted by molar-refractivity contribution is 6.08. The lowest BCUT2D eigenvalue weighted by Crippen LogP contribution is -2.27. The van der Waals surface area contributed by atoms with E-state index in [1.54, 1.807) is 22.7 Å². The predicted octanol–water partition coefficient (Wildman–Crippen LogP) is 3.56. The average Bonchev–Trinajstić information content (AvgIpc) is 2.99. The Morgan fingerprint density at radius 3 is 2.67 bits per heavy atom. The second-order valence-corrected chi connectivity index (χ2v) is 6.29. The van der Waals surface area contributed by atoms with Crippen LogP contribution in [0.15, 0.2) is 42.6 Å². The van der Waals surface area contributed by atoms with Crippen molar-refractivity contribution < 1.29 is 14.0 Å². The lowest BCUT2D eigenvalue weighted by molar-refractivity contribution is 0.0948. The number of nitrogens with zero attached hydrogens (tertiary/aromatic N) is 2. The molecule has 0 atom stereocenters. The van der Waals surface area contributed by atoms with Crippen LogP contribution in [0, 0.1) is 12.7 Å². The van der Waals surface area contributed by atoms with E-state index < -0.39 is 11.7 Å². The third-order valence-corrected chi connectivity index (χ3v) is 4.15. The van der Waals surface area contributed by atoms with Gasteiger partial charge in [-0.25, -0.2) is 9.37 Å². The number of unbranched alkanes of at least 4 members (excludes halogenated alkanes) is 1. The predicted molar refractivity (Wildman–Crippen MR) is 102 cm³/mol. The first-order valence-corrected chi connectivity index (χ1v) is 8.84. The Morgan fingerprint density at radius 1 is 1.15 bits per heavy atom. The van der Waals surface area contributed by atoms with Crippen molar-refractivity contribution in [3.8, 4) is 0 Å². The molecule has 0 saturated carbocycles. The molecular formula is C20H21FN4O2. The second-order valence-electron chi connectivity index (χ2n) is 6.29. The van der Waals surface area contributed by atoms with E-state index in [0.717, 1.165) is 18.4 Å². The molecule has 3 rings (SSSR count). The van der Waals surface area contributed by atoms with Crippen molar-refractivity contribution in [3.63, 3.8) is 0 Å². The van der Waals surface area contributed by atoms with Crippen LogP contribution in [0.5, 0.6) is 0 Å². The molecule has 7 heteroatoms. The number of anilines is 1. The molecule has 0 spiro atoms. The Hall–Kier alpha value is -3.22. The van der Waals surface area contributed by atoms with Crippen molar-refractivity contribution in [2.45, 2.75) is 26.7 Å². The van der Waals surface area contributed by atoms with Gasteiger partial charge in [0.2, 0.25) is 0 Å². The molecule has 2 amide bonds. The molecule has 0 aliphatic carbocycles. The number of carbonyl (C=O) groups excluding carboxylic acids is 2. The zero-order valence-electron chi connectivity index (χ0n) is 15.3. The molecule has 0 bridgehead atoms. The Bertz CT molecular complexity index is 997. The maximum atomic E-state index is 13.9. The number of aromatic nitrogens is 2. The number of aryl methyl sites for hydroxylation is 1. The third kappa shape index (κ3) is 3.97. The first-order valence-electron chi connectivity index (χ1n) is 8.84.